The molecule has 0 bridgehead atoms. The Balaban J connectivity index is 2.54. The van der Waals surface area contributed by atoms with Gasteiger partial charge in [-0.1, -0.05) is 18.5 Å². The smallest absolute Gasteiger partial charge is 0.320 e. The van der Waals surface area contributed by atoms with Gasteiger partial charge in [-0.3, -0.25) is 0 Å². The van der Waals surface area contributed by atoms with Crippen molar-refractivity contribution in [2.45, 2.75) is 66.1 Å². The molecule has 0 unspecified atom stereocenters. The molecule has 0 N–H and O–H groups in total. The highest BCUT2D eigenvalue weighted by Gasteiger charge is 2.22. The van der Waals surface area contributed by atoms with E-state index in [4.69, 9.17) is 21.1 Å². The van der Waals surface area contributed by atoms with Crippen LogP contribution in [0.2, 0.25) is 5.15 Å². The van der Waals surface area contributed by atoms with Crippen LogP contribution < -0.4 is 9.47 Å². The van der Waals surface area contributed by atoms with Gasteiger partial charge in [-0.2, -0.15) is 4.98 Å². The summed E-state index contributed by atoms with van der Waals surface area (Å²) in [4.78, 5) is 17.5. The topological polar surface area (TPSA) is 70.0 Å². The van der Waals surface area contributed by atoms with Crippen LogP contribution >= 0.6 is 11.6 Å². The molecular weight excluding hydrogens is 340 g/mol. The number of rotatable bonds is 4. The minimum absolute atomic E-state index is 0.256. The lowest BCUT2D eigenvalue weighted by Gasteiger charge is -2.24. The molecule has 136 valence electrons. The second kappa shape index (κ2) is 7.12. The van der Waals surface area contributed by atoms with Crippen LogP contribution in [-0.4, -0.2) is 31.1 Å². The molecule has 0 aliphatic heterocycles. The van der Waals surface area contributed by atoms with Gasteiger partial charge in [0.1, 0.15) is 22.2 Å². The van der Waals surface area contributed by atoms with Crippen molar-refractivity contribution in [3.05, 3.63) is 23.2 Å². The molecule has 2 aromatic rings. The fraction of sp³-hybridized carbons (Fsp3) is 0.556. The highest BCUT2D eigenvalue weighted by molar-refractivity contribution is 6.29. The first kappa shape index (κ1) is 19.4. The Hall–Kier alpha value is -1.95. The Bertz CT molecular complexity index is 752. The summed E-state index contributed by atoms with van der Waals surface area (Å²) in [6.45, 7) is 13.6. The van der Waals surface area contributed by atoms with E-state index in [-0.39, 0.29) is 6.01 Å². The number of ether oxygens (including phenoxy) is 2. The molecule has 2 heterocycles. The highest BCUT2D eigenvalue weighted by atomic mass is 35.5. The van der Waals surface area contributed by atoms with Gasteiger partial charge in [0.25, 0.3) is 0 Å². The van der Waals surface area contributed by atoms with E-state index in [0.717, 1.165) is 0 Å². The first-order chi connectivity index (χ1) is 11.5. The summed E-state index contributed by atoms with van der Waals surface area (Å²) in [6.07, 6.45) is 2.32. The molecule has 0 fully saturated rings. The van der Waals surface area contributed by atoms with Crippen LogP contribution in [0.4, 0.5) is 0 Å². The van der Waals surface area contributed by atoms with Crippen LogP contribution in [0.15, 0.2) is 12.3 Å². The van der Waals surface area contributed by atoms with Crippen molar-refractivity contribution in [3.8, 4) is 23.1 Å². The third-order valence-electron chi connectivity index (χ3n) is 2.87. The summed E-state index contributed by atoms with van der Waals surface area (Å²) in [5, 5.41) is 0.374. The molecule has 2 rings (SSSR count). The number of halogens is 1. The number of aromatic nitrogens is 4. The molecule has 0 saturated carbocycles. The number of nitrogens with zero attached hydrogens (tertiary/aromatic N) is 4. The predicted octanol–water partition coefficient (Wildman–Crippen LogP) is 4.50. The molecule has 25 heavy (non-hydrogen) atoms. The SMILES string of the molecule is CCc1nc(Cl)cc(-c2cnc(OC(C)(C)C)nc2OC(C)(C)C)n1. The Morgan fingerprint density at radius 3 is 2.16 bits per heavy atom. The monoisotopic (exact) mass is 364 g/mol. The van der Waals surface area contributed by atoms with E-state index in [1.807, 2.05) is 48.5 Å². The van der Waals surface area contributed by atoms with Crippen molar-refractivity contribution in [2.24, 2.45) is 0 Å². The predicted molar refractivity (Wildman–Crippen MR) is 98.2 cm³/mol. The summed E-state index contributed by atoms with van der Waals surface area (Å²) in [6, 6.07) is 1.94. The Morgan fingerprint density at radius 2 is 1.60 bits per heavy atom. The maximum atomic E-state index is 6.13. The van der Waals surface area contributed by atoms with Crippen LogP contribution in [0.25, 0.3) is 11.3 Å². The zero-order chi connectivity index (χ0) is 18.8. The molecule has 0 amide bonds. The maximum Gasteiger partial charge on any atom is 0.320 e. The Labute approximate surface area is 154 Å². The summed E-state index contributed by atoms with van der Waals surface area (Å²) in [7, 11) is 0. The minimum atomic E-state index is -0.438. The van der Waals surface area contributed by atoms with Gasteiger partial charge in [0.2, 0.25) is 5.88 Å². The standard InChI is InChI=1S/C18H25ClN4O2/c1-8-14-21-12(9-13(19)22-14)11-10-20-16(25-18(5,6)7)23-15(11)24-17(2,3)4/h9-10H,8H2,1-7H3. The van der Waals surface area contributed by atoms with Crippen LogP contribution in [0, 0.1) is 0 Å². The number of aryl methyl sites for hydroxylation is 1. The first-order valence-electron chi connectivity index (χ1n) is 8.26. The van der Waals surface area contributed by atoms with Crippen LogP contribution in [0.5, 0.6) is 11.9 Å². The average Bonchev–Trinajstić information content (AvgIpc) is 2.43. The summed E-state index contributed by atoms with van der Waals surface area (Å²) in [5.41, 5.74) is 0.425. The van der Waals surface area contributed by atoms with Crippen LogP contribution in [0.3, 0.4) is 0 Å². The van der Waals surface area contributed by atoms with E-state index < -0.39 is 11.2 Å². The highest BCUT2D eigenvalue weighted by Crippen LogP contribution is 2.32. The van der Waals surface area contributed by atoms with Crippen molar-refractivity contribution in [1.82, 2.24) is 19.9 Å². The molecule has 0 aliphatic rings. The lowest BCUT2D eigenvalue weighted by Crippen LogP contribution is -2.26. The lowest BCUT2D eigenvalue weighted by molar-refractivity contribution is 0.103. The molecule has 0 aliphatic carbocycles. The van der Waals surface area contributed by atoms with Crippen molar-refractivity contribution in [2.75, 3.05) is 0 Å². The van der Waals surface area contributed by atoms with Crippen molar-refractivity contribution >= 4 is 11.6 Å². The van der Waals surface area contributed by atoms with Crippen molar-refractivity contribution in [3.63, 3.8) is 0 Å². The van der Waals surface area contributed by atoms with E-state index in [1.54, 1.807) is 12.3 Å². The molecule has 6 nitrogen and oxygen atoms in total. The zero-order valence-corrected chi connectivity index (χ0v) is 16.6. The fourth-order valence-corrected chi connectivity index (χ4v) is 2.18. The third-order valence-corrected chi connectivity index (χ3v) is 3.06. The molecule has 0 radical (unpaired) electrons. The molecule has 0 atom stereocenters. The van der Waals surface area contributed by atoms with Gasteiger partial charge in [0, 0.05) is 18.7 Å². The molecule has 7 heteroatoms. The third kappa shape index (κ3) is 5.81. The minimum Gasteiger partial charge on any atom is -0.471 e. The molecule has 0 spiro atoms. The van der Waals surface area contributed by atoms with Gasteiger partial charge < -0.3 is 9.47 Å². The first-order valence-corrected chi connectivity index (χ1v) is 8.63. The molecule has 0 saturated heterocycles. The number of hydrogen-bond acceptors (Lipinski definition) is 6. The second-order valence-corrected chi connectivity index (χ2v) is 8.03. The Morgan fingerprint density at radius 1 is 0.960 bits per heavy atom. The zero-order valence-electron chi connectivity index (χ0n) is 15.8. The van der Waals surface area contributed by atoms with E-state index in [1.165, 1.54) is 0 Å². The summed E-state index contributed by atoms with van der Waals surface area (Å²) < 4.78 is 11.8. The van der Waals surface area contributed by atoms with E-state index in [0.29, 0.717) is 34.5 Å². The Kier molecular flexibility index (Phi) is 5.52. The average molecular weight is 365 g/mol. The van der Waals surface area contributed by atoms with Crippen molar-refractivity contribution < 1.29 is 9.47 Å². The molecular formula is C18H25ClN4O2. The summed E-state index contributed by atoms with van der Waals surface area (Å²) in [5.74, 6) is 1.05. The molecule has 2 aromatic heterocycles. The largest absolute Gasteiger partial charge is 0.471 e. The van der Waals surface area contributed by atoms with Crippen molar-refractivity contribution in [1.29, 1.82) is 0 Å². The van der Waals surface area contributed by atoms with Crippen LogP contribution in [-0.2, 0) is 6.42 Å². The van der Waals surface area contributed by atoms with Gasteiger partial charge in [-0.25, -0.2) is 15.0 Å². The van der Waals surface area contributed by atoms with E-state index in [9.17, 15) is 0 Å². The molecule has 0 aromatic carbocycles. The normalized spacial score (nSPS) is 12.2. The number of hydrogen-bond donors (Lipinski definition) is 0. The second-order valence-electron chi connectivity index (χ2n) is 7.65. The van der Waals surface area contributed by atoms with E-state index in [2.05, 4.69) is 19.9 Å². The van der Waals surface area contributed by atoms with E-state index >= 15 is 0 Å². The maximum absolute atomic E-state index is 6.13. The fourth-order valence-electron chi connectivity index (χ4n) is 1.98. The quantitative estimate of drug-likeness (QED) is 0.743. The van der Waals surface area contributed by atoms with Gasteiger partial charge in [0.05, 0.1) is 11.3 Å². The van der Waals surface area contributed by atoms with Gasteiger partial charge in [-0.15, -0.1) is 0 Å². The lowest BCUT2D eigenvalue weighted by atomic mass is 10.1. The summed E-state index contributed by atoms with van der Waals surface area (Å²) >= 11 is 6.13. The van der Waals surface area contributed by atoms with Gasteiger partial charge in [-0.05, 0) is 41.5 Å². The van der Waals surface area contributed by atoms with Gasteiger partial charge >= 0.3 is 6.01 Å². The van der Waals surface area contributed by atoms with Crippen LogP contribution in [0.1, 0.15) is 54.3 Å². The van der Waals surface area contributed by atoms with Gasteiger partial charge in [0.15, 0.2) is 0 Å².